The number of hydrogen-bond acceptors (Lipinski definition) is 3. The van der Waals surface area contributed by atoms with Gasteiger partial charge in [-0.05, 0) is 49.2 Å². The second-order valence-corrected chi connectivity index (χ2v) is 7.54. The first-order valence-corrected chi connectivity index (χ1v) is 10.1. The van der Waals surface area contributed by atoms with Crippen LogP contribution in [0.3, 0.4) is 0 Å². The van der Waals surface area contributed by atoms with E-state index in [2.05, 4.69) is 5.32 Å². The average molecular weight is 421 g/mol. The molecule has 1 fully saturated rings. The molecule has 1 aliphatic heterocycles. The van der Waals surface area contributed by atoms with Crippen LogP contribution in [0.15, 0.2) is 42.5 Å². The van der Waals surface area contributed by atoms with E-state index in [0.717, 1.165) is 38.8 Å². The molecule has 5 nitrogen and oxygen atoms in total. The van der Waals surface area contributed by atoms with Gasteiger partial charge in [-0.25, -0.2) is 0 Å². The molecule has 0 atom stereocenters. The molecule has 1 heterocycles. The van der Waals surface area contributed by atoms with Gasteiger partial charge in [0.15, 0.2) is 6.61 Å². The van der Waals surface area contributed by atoms with E-state index in [0.29, 0.717) is 27.0 Å². The maximum atomic E-state index is 12.7. The van der Waals surface area contributed by atoms with Gasteiger partial charge in [0.2, 0.25) is 0 Å². The van der Waals surface area contributed by atoms with E-state index in [1.807, 2.05) is 4.90 Å². The molecule has 28 heavy (non-hydrogen) atoms. The molecule has 2 amide bonds. The second-order valence-electron chi connectivity index (χ2n) is 6.70. The Morgan fingerprint density at radius 3 is 2.46 bits per heavy atom. The van der Waals surface area contributed by atoms with Crippen molar-refractivity contribution in [3.8, 4) is 5.75 Å². The topological polar surface area (TPSA) is 58.6 Å². The number of amides is 2. The van der Waals surface area contributed by atoms with E-state index in [-0.39, 0.29) is 18.4 Å². The number of ether oxygens (including phenoxy) is 1. The van der Waals surface area contributed by atoms with Gasteiger partial charge in [0.05, 0.1) is 5.02 Å². The summed E-state index contributed by atoms with van der Waals surface area (Å²) < 4.78 is 5.43. The largest absolute Gasteiger partial charge is 0.482 e. The molecule has 1 N–H and O–H groups in total. The van der Waals surface area contributed by atoms with Gasteiger partial charge in [0.25, 0.3) is 11.8 Å². The van der Waals surface area contributed by atoms with E-state index in [1.54, 1.807) is 42.5 Å². The molecule has 0 radical (unpaired) electrons. The minimum absolute atomic E-state index is 0.00203. The van der Waals surface area contributed by atoms with Crippen molar-refractivity contribution in [1.29, 1.82) is 0 Å². The number of anilines is 1. The fraction of sp³-hybridized carbons (Fsp3) is 0.333. The fourth-order valence-electron chi connectivity index (χ4n) is 3.12. The third-order valence-corrected chi connectivity index (χ3v) is 5.07. The number of carbonyl (C=O) groups is 2. The summed E-state index contributed by atoms with van der Waals surface area (Å²) in [6.45, 7) is 1.36. The predicted octanol–water partition coefficient (Wildman–Crippen LogP) is 5.03. The molecular weight excluding hydrogens is 399 g/mol. The first-order valence-electron chi connectivity index (χ1n) is 9.30. The standard InChI is InChI=1S/C21H22Cl2N2O3/c22-16-8-9-19(18(23)13-16)28-14-20(26)24-17-7-5-6-15(12-17)21(27)25-10-3-1-2-4-11-25/h5-9,12-13H,1-4,10-11,14H2,(H,24,26). The van der Waals surface area contributed by atoms with Crippen LogP contribution in [0.4, 0.5) is 5.69 Å². The number of likely N-dealkylation sites (tertiary alicyclic amines) is 1. The molecule has 2 aromatic rings. The predicted molar refractivity (Wildman–Crippen MR) is 111 cm³/mol. The van der Waals surface area contributed by atoms with E-state index in [9.17, 15) is 9.59 Å². The summed E-state index contributed by atoms with van der Waals surface area (Å²) in [6.07, 6.45) is 4.40. The Kier molecular flexibility index (Phi) is 7.18. The third-order valence-electron chi connectivity index (χ3n) is 4.54. The summed E-state index contributed by atoms with van der Waals surface area (Å²) in [7, 11) is 0. The summed E-state index contributed by atoms with van der Waals surface area (Å²) in [5.74, 6) is 0.0406. The summed E-state index contributed by atoms with van der Waals surface area (Å²) in [4.78, 5) is 26.8. The third kappa shape index (κ3) is 5.63. The zero-order chi connectivity index (χ0) is 19.9. The van der Waals surface area contributed by atoms with Crippen LogP contribution in [0.5, 0.6) is 5.75 Å². The first-order chi connectivity index (χ1) is 13.5. The monoisotopic (exact) mass is 420 g/mol. The van der Waals surface area contributed by atoms with Crippen LogP contribution in [0.25, 0.3) is 0 Å². The minimum atomic E-state index is -0.342. The molecule has 148 valence electrons. The van der Waals surface area contributed by atoms with Crippen LogP contribution in [-0.2, 0) is 4.79 Å². The number of halogens is 2. The molecule has 0 spiro atoms. The highest BCUT2D eigenvalue weighted by Crippen LogP contribution is 2.27. The van der Waals surface area contributed by atoms with Crippen LogP contribution < -0.4 is 10.1 Å². The maximum absolute atomic E-state index is 12.7. The molecule has 0 bridgehead atoms. The van der Waals surface area contributed by atoms with Crippen LogP contribution in [-0.4, -0.2) is 36.4 Å². The van der Waals surface area contributed by atoms with Crippen molar-refractivity contribution in [3.63, 3.8) is 0 Å². The smallest absolute Gasteiger partial charge is 0.262 e. The average Bonchev–Trinajstić information content (AvgIpc) is 2.96. The number of nitrogens with zero attached hydrogens (tertiary/aromatic N) is 1. The fourth-order valence-corrected chi connectivity index (χ4v) is 3.58. The van der Waals surface area contributed by atoms with Crippen molar-refractivity contribution in [2.24, 2.45) is 0 Å². The van der Waals surface area contributed by atoms with E-state index >= 15 is 0 Å². The lowest BCUT2D eigenvalue weighted by Gasteiger charge is -2.20. The number of rotatable bonds is 5. The lowest BCUT2D eigenvalue weighted by Crippen LogP contribution is -2.31. The first kappa shape index (κ1) is 20.5. The van der Waals surface area contributed by atoms with Gasteiger partial charge in [-0.2, -0.15) is 0 Å². The SMILES string of the molecule is O=C(COc1ccc(Cl)cc1Cl)Nc1cccc(C(=O)N2CCCCCC2)c1. The van der Waals surface area contributed by atoms with Crippen molar-refractivity contribution < 1.29 is 14.3 Å². The Balaban J connectivity index is 1.58. The second kappa shape index (κ2) is 9.80. The molecule has 2 aromatic carbocycles. The molecule has 1 saturated heterocycles. The van der Waals surface area contributed by atoms with Crippen molar-refractivity contribution >= 4 is 40.7 Å². The number of carbonyl (C=O) groups excluding carboxylic acids is 2. The van der Waals surface area contributed by atoms with Gasteiger partial charge >= 0.3 is 0 Å². The Bertz CT molecular complexity index is 849. The van der Waals surface area contributed by atoms with E-state index in [1.165, 1.54) is 0 Å². The molecule has 3 rings (SSSR count). The lowest BCUT2D eigenvalue weighted by molar-refractivity contribution is -0.118. The van der Waals surface area contributed by atoms with Crippen molar-refractivity contribution in [3.05, 3.63) is 58.1 Å². The zero-order valence-corrected chi connectivity index (χ0v) is 16.9. The summed E-state index contributed by atoms with van der Waals surface area (Å²) in [5, 5.41) is 3.58. The van der Waals surface area contributed by atoms with Crippen LogP contribution in [0.1, 0.15) is 36.0 Å². The highest BCUT2D eigenvalue weighted by molar-refractivity contribution is 6.35. The molecule has 0 aromatic heterocycles. The van der Waals surface area contributed by atoms with Gasteiger partial charge in [0, 0.05) is 29.4 Å². The Hall–Kier alpha value is -2.24. The van der Waals surface area contributed by atoms with Gasteiger partial charge in [-0.3, -0.25) is 9.59 Å². The van der Waals surface area contributed by atoms with E-state index < -0.39 is 0 Å². The van der Waals surface area contributed by atoms with Gasteiger partial charge in [-0.15, -0.1) is 0 Å². The molecule has 7 heteroatoms. The zero-order valence-electron chi connectivity index (χ0n) is 15.4. The summed E-state index contributed by atoms with van der Waals surface area (Å²) in [5.41, 5.74) is 1.12. The van der Waals surface area contributed by atoms with Crippen LogP contribution in [0, 0.1) is 0 Å². The van der Waals surface area contributed by atoms with Gasteiger partial charge in [-0.1, -0.05) is 42.1 Å². The van der Waals surface area contributed by atoms with Gasteiger partial charge < -0.3 is 15.0 Å². The molecule has 0 saturated carbocycles. The Labute approximate surface area is 174 Å². The van der Waals surface area contributed by atoms with Crippen molar-refractivity contribution in [1.82, 2.24) is 4.90 Å². The Morgan fingerprint density at radius 1 is 1.00 bits per heavy atom. The molecule has 1 aliphatic rings. The normalized spacial score (nSPS) is 14.3. The summed E-state index contributed by atoms with van der Waals surface area (Å²) in [6, 6.07) is 11.8. The van der Waals surface area contributed by atoms with Crippen molar-refractivity contribution in [2.45, 2.75) is 25.7 Å². The Morgan fingerprint density at radius 2 is 1.75 bits per heavy atom. The number of hydrogen-bond donors (Lipinski definition) is 1. The lowest BCUT2D eigenvalue weighted by atomic mass is 10.1. The highest BCUT2D eigenvalue weighted by atomic mass is 35.5. The van der Waals surface area contributed by atoms with Crippen LogP contribution >= 0.6 is 23.2 Å². The van der Waals surface area contributed by atoms with Gasteiger partial charge in [0.1, 0.15) is 5.75 Å². The van der Waals surface area contributed by atoms with E-state index in [4.69, 9.17) is 27.9 Å². The maximum Gasteiger partial charge on any atom is 0.262 e. The molecule has 0 unspecified atom stereocenters. The van der Waals surface area contributed by atoms with Crippen LogP contribution in [0.2, 0.25) is 10.0 Å². The number of nitrogens with one attached hydrogen (secondary N) is 1. The highest BCUT2D eigenvalue weighted by Gasteiger charge is 2.17. The summed E-state index contributed by atoms with van der Waals surface area (Å²) >= 11 is 11.9. The number of benzene rings is 2. The molecule has 0 aliphatic carbocycles. The quantitative estimate of drug-likeness (QED) is 0.737. The van der Waals surface area contributed by atoms with Crippen molar-refractivity contribution in [2.75, 3.05) is 25.0 Å². The molecular formula is C21H22Cl2N2O3. The minimum Gasteiger partial charge on any atom is -0.482 e.